The van der Waals surface area contributed by atoms with Gasteiger partial charge in [-0.2, -0.15) is 0 Å². The van der Waals surface area contributed by atoms with Crippen LogP contribution >= 0.6 is 35.1 Å². The molecule has 4 heterocycles. The Bertz CT molecular complexity index is 3320. The maximum absolute atomic E-state index is 15.7. The van der Waals surface area contributed by atoms with Crippen LogP contribution in [-0.2, 0) is 40.2 Å². The molecular formula is C53H67ClF4N8O9S4Si. The lowest BCUT2D eigenvalue weighted by Gasteiger charge is -2.37. The first-order valence-corrected chi connectivity index (χ1v) is 34.8. The van der Waals surface area contributed by atoms with Gasteiger partial charge in [-0.1, -0.05) is 66.9 Å². The van der Waals surface area contributed by atoms with Gasteiger partial charge in [0, 0.05) is 56.8 Å². The number of ether oxygens (including phenoxy) is 3. The molecule has 3 N–H and O–H groups in total. The molecule has 2 saturated carbocycles. The molecule has 436 valence electrons. The van der Waals surface area contributed by atoms with Crippen LogP contribution in [0.15, 0.2) is 71.2 Å². The van der Waals surface area contributed by atoms with E-state index in [1.54, 1.807) is 48.5 Å². The molecule has 6 atom stereocenters. The smallest absolute Gasteiger partial charge is 0.418 e. The number of benzene rings is 2. The zero-order valence-corrected chi connectivity index (χ0v) is 51.5. The zero-order chi connectivity index (χ0) is 59.6. The van der Waals surface area contributed by atoms with E-state index in [2.05, 4.69) is 44.6 Å². The topological polar surface area (TPSA) is 239 Å². The number of hydrogen-bond acceptors (Lipinski definition) is 18. The van der Waals surface area contributed by atoms with Crippen molar-refractivity contribution >= 4 is 103 Å². The lowest BCUT2D eigenvalue weighted by molar-refractivity contribution is 0.0110. The quantitative estimate of drug-likeness (QED) is 0.0487. The van der Waals surface area contributed by atoms with Crippen molar-refractivity contribution in [3.63, 3.8) is 0 Å². The molecule has 2 fully saturated rings. The number of rotatable bonds is 15. The summed E-state index contributed by atoms with van der Waals surface area (Å²) in [6.45, 7) is 19.3. The standard InChI is InChI=1S/C30H39ClF2N4O5S2Si.C21H22F2N4O3S2.C2H6O/c1-28(2,3)42-27(38)37(18-41-11-12-45(6,7)8)26-36-29(4,24-15-30(24,43-26)44(5,39)40)20-13-19(9-10-21(20)32)14-22(33)23-16-35-25(31)17-34-23;1-4-30-18-11-25-16(10-26-18)15(23)8-12-5-6-14(22)13(7-12)20(2)17-9-21(17,32(3,28)29)31-19(24)27-20;1-2-3/h9-10,13-14,16-17,24H,11-12,15,18H2,1-8H3;5-8,10-11,17H,4,9H2,1-3H3,(H2,24,27);3H,2H2,1H3/b22-14-;15-8-;/t24-,29+,30+;17-,20+,21+;/m00./s1. The van der Waals surface area contributed by atoms with Crippen molar-refractivity contribution in [1.29, 1.82) is 0 Å². The number of aromatic nitrogens is 4. The van der Waals surface area contributed by atoms with Crippen molar-refractivity contribution < 1.29 is 58.5 Å². The van der Waals surface area contributed by atoms with Crippen LogP contribution in [0.25, 0.3) is 23.8 Å². The Morgan fingerprint density at radius 2 is 1.31 bits per heavy atom. The Hall–Kier alpha value is -4.96. The van der Waals surface area contributed by atoms with E-state index in [-0.39, 0.29) is 63.6 Å². The molecule has 4 aromatic rings. The normalized spacial score (nSPS) is 24.5. The average molecular weight is 1230 g/mol. The second kappa shape index (κ2) is 24.5. The summed E-state index contributed by atoms with van der Waals surface area (Å²) >= 11 is 7.72. The number of nitrogens with two attached hydrogens (primary N) is 1. The lowest BCUT2D eigenvalue weighted by Crippen LogP contribution is -2.47. The van der Waals surface area contributed by atoms with Crippen LogP contribution in [0.2, 0.25) is 30.8 Å². The second-order valence-electron chi connectivity index (χ2n) is 22.0. The molecule has 0 unspecified atom stereocenters. The Morgan fingerprint density at radius 3 is 1.75 bits per heavy atom. The fourth-order valence-electron chi connectivity index (χ4n) is 9.09. The van der Waals surface area contributed by atoms with Gasteiger partial charge in [-0.15, -0.1) is 0 Å². The molecule has 8 rings (SSSR count). The van der Waals surface area contributed by atoms with Gasteiger partial charge >= 0.3 is 6.09 Å². The molecule has 27 heteroatoms. The van der Waals surface area contributed by atoms with Gasteiger partial charge in [0.15, 0.2) is 41.7 Å². The lowest BCUT2D eigenvalue weighted by atomic mass is 9.86. The maximum Gasteiger partial charge on any atom is 0.418 e. The van der Waals surface area contributed by atoms with Crippen LogP contribution in [0.1, 0.15) is 94.9 Å². The molecule has 2 aromatic carbocycles. The van der Waals surface area contributed by atoms with Crippen LogP contribution in [0.4, 0.5) is 22.4 Å². The second-order valence-corrected chi connectivity index (χ2v) is 35.7. The summed E-state index contributed by atoms with van der Waals surface area (Å²) in [6.07, 6.45) is 9.33. The molecule has 0 spiro atoms. The van der Waals surface area contributed by atoms with Crippen molar-refractivity contribution in [3.05, 3.63) is 112 Å². The Morgan fingerprint density at radius 1 is 0.825 bits per heavy atom. The highest BCUT2D eigenvalue weighted by atomic mass is 35.5. The van der Waals surface area contributed by atoms with Gasteiger partial charge in [0.25, 0.3) is 0 Å². The van der Waals surface area contributed by atoms with Crippen LogP contribution in [-0.4, -0.2) is 124 Å². The minimum atomic E-state index is -3.74. The third-order valence-corrected chi connectivity index (χ3v) is 23.3. The predicted molar refractivity (Wildman–Crippen MR) is 311 cm³/mol. The van der Waals surface area contributed by atoms with Crippen LogP contribution in [0.5, 0.6) is 5.88 Å². The highest BCUT2D eigenvalue weighted by molar-refractivity contribution is 8.24. The van der Waals surface area contributed by atoms with Crippen LogP contribution in [0.3, 0.4) is 0 Å². The fourth-order valence-corrected chi connectivity index (χ4v) is 16.7. The van der Waals surface area contributed by atoms with Gasteiger partial charge < -0.3 is 25.1 Å². The number of sulfone groups is 2. The molecule has 80 heavy (non-hydrogen) atoms. The van der Waals surface area contributed by atoms with Gasteiger partial charge in [0.05, 0.1) is 42.5 Å². The summed E-state index contributed by atoms with van der Waals surface area (Å²) in [5.74, 6) is -3.40. The van der Waals surface area contributed by atoms with E-state index in [0.29, 0.717) is 30.8 Å². The van der Waals surface area contributed by atoms with Gasteiger partial charge in [-0.25, -0.2) is 64.0 Å². The first-order chi connectivity index (χ1) is 37.1. The molecule has 17 nitrogen and oxygen atoms in total. The molecule has 0 saturated heterocycles. The number of amidine groups is 2. The third kappa shape index (κ3) is 14.6. The Kier molecular flexibility index (Phi) is 19.6. The number of thioether (sulfide) groups is 2. The number of carbonyl (C=O) groups excluding carboxylic acids is 1. The van der Waals surface area contributed by atoms with Crippen molar-refractivity contribution in [1.82, 2.24) is 24.8 Å². The minimum absolute atomic E-state index is 0.000146. The van der Waals surface area contributed by atoms with Gasteiger partial charge in [0.1, 0.15) is 48.7 Å². The molecule has 0 radical (unpaired) electrons. The molecule has 1 amide bonds. The van der Waals surface area contributed by atoms with E-state index in [9.17, 15) is 30.4 Å². The van der Waals surface area contributed by atoms with Crippen molar-refractivity contribution in [2.24, 2.45) is 27.6 Å². The summed E-state index contributed by atoms with van der Waals surface area (Å²) in [5, 5.41) is 7.80. The minimum Gasteiger partial charge on any atom is -0.477 e. The Balaban J connectivity index is 0.000000258. The van der Waals surface area contributed by atoms with Crippen molar-refractivity contribution in [3.8, 4) is 5.88 Å². The Labute approximate surface area is 479 Å². The third-order valence-electron chi connectivity index (χ3n) is 13.3. The van der Waals surface area contributed by atoms with Crippen LogP contribution in [0, 0.1) is 23.5 Å². The predicted octanol–water partition coefficient (Wildman–Crippen LogP) is 10.9. The first-order valence-electron chi connectivity index (χ1n) is 25.3. The molecule has 0 bridgehead atoms. The first kappa shape index (κ1) is 64.2. The highest BCUT2D eigenvalue weighted by Crippen LogP contribution is 2.70. The van der Waals surface area contributed by atoms with E-state index in [1.165, 1.54) is 78.2 Å². The molecule has 2 aliphatic heterocycles. The number of carbonyl (C=O) groups is 1. The molecule has 4 aliphatic rings. The zero-order valence-electron chi connectivity index (χ0n) is 46.5. The molecular weight excluding hydrogens is 1160 g/mol. The van der Waals surface area contributed by atoms with E-state index in [0.717, 1.165) is 42.1 Å². The molecule has 2 aromatic heterocycles. The number of fused-ring (bicyclic) bond motifs is 2. The number of aliphatic imine (C=N–C) groups is 2. The SMILES string of the molecule is CC(C)(C)OC(=O)N(COCC[Si](C)(C)C)C1=N[C@](C)(c2cc(/C=C(\F)c3cnc(Cl)cn3)ccc2F)[C@@H]2C[C@]2(S(C)(=O)=O)S1.CCO.CCOc1cnc(/C(F)=C/c2ccc(F)c([C@@]3(C)N=C(N)S[C@@]4(S(C)(=O)=O)C[C@H]43)c2)cn1. The number of halogens is 5. The van der Waals surface area contributed by atoms with Crippen LogP contribution < -0.4 is 10.5 Å². The van der Waals surface area contributed by atoms with E-state index in [4.69, 9.17) is 41.6 Å². The molecule has 2 aliphatic carbocycles. The van der Waals surface area contributed by atoms with Crippen molar-refractivity contribution in [2.75, 3.05) is 39.1 Å². The number of aliphatic hydroxyl groups excluding tert-OH is 1. The highest BCUT2D eigenvalue weighted by Gasteiger charge is 2.73. The summed E-state index contributed by atoms with van der Waals surface area (Å²) in [4.78, 5) is 39.7. The van der Waals surface area contributed by atoms with Gasteiger partial charge in [-0.3, -0.25) is 9.98 Å². The van der Waals surface area contributed by atoms with E-state index >= 15 is 8.78 Å². The number of amides is 1. The van der Waals surface area contributed by atoms with E-state index < -0.39 is 93.8 Å². The summed E-state index contributed by atoms with van der Waals surface area (Å²) in [5.41, 5.74) is 3.28. The fraction of sp³-hybridized carbons (Fsp3) is 0.491. The number of hydrogen-bond donors (Lipinski definition) is 2. The number of aliphatic hydroxyl groups is 1. The largest absolute Gasteiger partial charge is 0.477 e. The maximum atomic E-state index is 15.7. The van der Waals surface area contributed by atoms with Gasteiger partial charge in [0.2, 0.25) is 5.88 Å². The average Bonchev–Trinajstić information content (AvgIpc) is 4.32. The van der Waals surface area contributed by atoms with Gasteiger partial charge in [-0.05, 0) is 115 Å². The van der Waals surface area contributed by atoms with E-state index in [1.807, 2.05) is 0 Å². The number of nitrogens with zero attached hydrogens (tertiary/aromatic N) is 7. The van der Waals surface area contributed by atoms with Crippen molar-refractivity contribution in [2.45, 2.75) is 112 Å². The summed E-state index contributed by atoms with van der Waals surface area (Å²) < 4.78 is 126. The monoisotopic (exact) mass is 1230 g/mol. The summed E-state index contributed by atoms with van der Waals surface area (Å²) in [7, 11) is -8.65. The summed E-state index contributed by atoms with van der Waals surface area (Å²) in [6, 6.07) is 8.94.